The van der Waals surface area contributed by atoms with E-state index in [4.69, 9.17) is 4.74 Å². The number of hydrogen-bond acceptors (Lipinski definition) is 4. The van der Waals surface area contributed by atoms with Crippen LogP contribution < -0.4 is 0 Å². The number of aliphatic carboxylic acids is 1. The molecule has 4 rings (SSSR count). The van der Waals surface area contributed by atoms with Crippen LogP contribution in [0, 0.1) is 52.3 Å². The van der Waals surface area contributed by atoms with Crippen molar-refractivity contribution in [3.05, 3.63) is 0 Å². The molecule has 186 valence electrons. The molecule has 0 saturated heterocycles. The van der Waals surface area contributed by atoms with E-state index in [1.54, 1.807) is 0 Å². The smallest absolute Gasteiger partial charge is 0.303 e. The van der Waals surface area contributed by atoms with Gasteiger partial charge in [-0.25, -0.2) is 0 Å². The number of hydrogen-bond donors (Lipinski definition) is 1. The quantitative estimate of drug-likeness (QED) is 0.500. The minimum atomic E-state index is -0.707. The Hall–Kier alpha value is -1.39. The van der Waals surface area contributed by atoms with Gasteiger partial charge in [0.1, 0.15) is 11.9 Å². The van der Waals surface area contributed by atoms with Crippen LogP contribution in [0.5, 0.6) is 0 Å². The average Bonchev–Trinajstić information content (AvgIpc) is 3.10. The largest absolute Gasteiger partial charge is 0.481 e. The fraction of sp³-hybridized carbons (Fsp3) is 0.893. The predicted molar refractivity (Wildman–Crippen MR) is 126 cm³/mol. The van der Waals surface area contributed by atoms with Gasteiger partial charge in [0.2, 0.25) is 0 Å². The van der Waals surface area contributed by atoms with Gasteiger partial charge >= 0.3 is 11.9 Å². The van der Waals surface area contributed by atoms with E-state index < -0.39 is 5.97 Å². The van der Waals surface area contributed by atoms with Crippen molar-refractivity contribution in [1.29, 1.82) is 0 Å². The molecule has 0 aliphatic heterocycles. The van der Waals surface area contributed by atoms with Crippen LogP contribution in [0.15, 0.2) is 0 Å². The number of carbonyl (C=O) groups is 3. The number of Topliss-reactive ketones (excluding diaryl/α,β-unsaturated/α-hetero) is 1. The zero-order valence-corrected chi connectivity index (χ0v) is 21.3. The van der Waals surface area contributed by atoms with Gasteiger partial charge in [-0.2, -0.15) is 0 Å². The first-order valence-electron chi connectivity index (χ1n) is 13.5. The molecule has 0 amide bonds. The normalized spacial score (nSPS) is 45.5. The van der Waals surface area contributed by atoms with E-state index in [9.17, 15) is 19.5 Å². The van der Waals surface area contributed by atoms with Crippen molar-refractivity contribution in [2.45, 2.75) is 105 Å². The van der Waals surface area contributed by atoms with E-state index in [0.717, 1.165) is 57.8 Å². The lowest BCUT2D eigenvalue weighted by Crippen LogP contribution is -2.60. The molecule has 0 aromatic heterocycles. The fourth-order valence-corrected chi connectivity index (χ4v) is 9.49. The number of carboxylic acids is 1. The van der Waals surface area contributed by atoms with Crippen molar-refractivity contribution >= 4 is 17.7 Å². The molecule has 0 aromatic rings. The maximum Gasteiger partial charge on any atom is 0.303 e. The molecule has 4 unspecified atom stereocenters. The SMILES string of the molecule is CC[C@H]1C(=O)C2C3CCC([C@H](C)CCC(=O)O)[C@@]3(C)CCC2[C@@]2(C)CC[C@@H](OC(C)=O)C[C@@H]12. The van der Waals surface area contributed by atoms with Gasteiger partial charge < -0.3 is 9.84 Å². The van der Waals surface area contributed by atoms with Crippen LogP contribution >= 0.6 is 0 Å². The molecule has 1 N–H and O–H groups in total. The molecule has 5 nitrogen and oxygen atoms in total. The first kappa shape index (κ1) is 24.7. The number of rotatable bonds is 6. The predicted octanol–water partition coefficient (Wildman–Crippen LogP) is 5.89. The number of fused-ring (bicyclic) bond motifs is 5. The van der Waals surface area contributed by atoms with Crippen molar-refractivity contribution < 1.29 is 24.2 Å². The average molecular weight is 461 g/mol. The van der Waals surface area contributed by atoms with E-state index in [-0.39, 0.29) is 41.2 Å². The molecule has 4 aliphatic rings. The zero-order valence-electron chi connectivity index (χ0n) is 21.3. The summed E-state index contributed by atoms with van der Waals surface area (Å²) in [4.78, 5) is 36.9. The second-order valence-electron chi connectivity index (χ2n) is 12.4. The van der Waals surface area contributed by atoms with Crippen LogP contribution in [0.25, 0.3) is 0 Å². The van der Waals surface area contributed by atoms with Gasteiger partial charge in [-0.05, 0) is 98.2 Å². The van der Waals surface area contributed by atoms with E-state index in [2.05, 4.69) is 27.7 Å². The van der Waals surface area contributed by atoms with Gasteiger partial charge in [0.25, 0.3) is 0 Å². The van der Waals surface area contributed by atoms with Crippen molar-refractivity contribution in [2.75, 3.05) is 0 Å². The van der Waals surface area contributed by atoms with Gasteiger partial charge in [0.15, 0.2) is 0 Å². The second-order valence-corrected chi connectivity index (χ2v) is 12.4. The minimum Gasteiger partial charge on any atom is -0.481 e. The molecule has 4 saturated carbocycles. The lowest BCUT2D eigenvalue weighted by atomic mass is 9.42. The molecule has 0 heterocycles. The Morgan fingerprint density at radius 1 is 1.06 bits per heavy atom. The molecule has 5 heteroatoms. The fourth-order valence-electron chi connectivity index (χ4n) is 9.49. The first-order chi connectivity index (χ1) is 15.5. The van der Waals surface area contributed by atoms with Crippen LogP contribution in [-0.4, -0.2) is 28.9 Å². The number of esters is 1. The Kier molecular flexibility index (Phi) is 6.74. The summed E-state index contributed by atoms with van der Waals surface area (Å²) in [6.07, 6.45) is 9.09. The third-order valence-electron chi connectivity index (χ3n) is 11.0. The molecular formula is C28H44O5. The second kappa shape index (κ2) is 9.00. The Morgan fingerprint density at radius 3 is 2.36 bits per heavy atom. The summed E-state index contributed by atoms with van der Waals surface area (Å²) < 4.78 is 5.62. The van der Waals surface area contributed by atoms with Crippen molar-refractivity contribution in [2.24, 2.45) is 52.3 Å². The lowest BCUT2D eigenvalue weighted by Gasteiger charge is -2.62. The molecule has 0 aromatic carbocycles. The Bertz CT molecular complexity index is 791. The number of carbonyl (C=O) groups excluding carboxylic acids is 2. The van der Waals surface area contributed by atoms with E-state index in [1.165, 1.54) is 6.92 Å². The standard InChI is InChI=1S/C28H44O5/c1-6-19-23-15-18(33-17(3)29)11-13-28(23,5)22-12-14-27(4)20(16(2)7-10-24(30)31)8-9-21(27)25(22)26(19)32/h16,18-23,25H,6-15H2,1-5H3,(H,30,31)/t16-,18-,19-,20?,21?,22?,23+,25?,27-,28-/m1/s1. The Balaban J connectivity index is 1.60. The van der Waals surface area contributed by atoms with Gasteiger partial charge in [-0.1, -0.05) is 27.7 Å². The molecule has 0 radical (unpaired) electrons. The van der Waals surface area contributed by atoms with E-state index >= 15 is 0 Å². The van der Waals surface area contributed by atoms with Crippen LogP contribution in [-0.2, 0) is 19.1 Å². The van der Waals surface area contributed by atoms with Crippen LogP contribution in [0.4, 0.5) is 0 Å². The van der Waals surface area contributed by atoms with Crippen molar-refractivity contribution in [1.82, 2.24) is 0 Å². The summed E-state index contributed by atoms with van der Waals surface area (Å²) in [5.74, 6) is 1.87. The summed E-state index contributed by atoms with van der Waals surface area (Å²) in [6.45, 7) is 10.7. The molecule has 4 aliphatic carbocycles. The third-order valence-corrected chi connectivity index (χ3v) is 11.0. The van der Waals surface area contributed by atoms with Gasteiger partial charge in [-0.15, -0.1) is 0 Å². The summed E-state index contributed by atoms with van der Waals surface area (Å²) in [7, 11) is 0. The molecule has 33 heavy (non-hydrogen) atoms. The molecule has 10 atom stereocenters. The highest BCUT2D eigenvalue weighted by Crippen LogP contribution is 2.68. The summed E-state index contributed by atoms with van der Waals surface area (Å²) in [5.41, 5.74) is 0.287. The van der Waals surface area contributed by atoms with Gasteiger partial charge in [0.05, 0.1) is 0 Å². The number of ether oxygens (including phenoxy) is 1. The highest BCUT2D eigenvalue weighted by atomic mass is 16.5. The monoisotopic (exact) mass is 460 g/mol. The third kappa shape index (κ3) is 4.05. The molecule has 0 bridgehead atoms. The Morgan fingerprint density at radius 2 is 1.73 bits per heavy atom. The van der Waals surface area contributed by atoms with Gasteiger partial charge in [0, 0.05) is 25.2 Å². The summed E-state index contributed by atoms with van der Waals surface area (Å²) >= 11 is 0. The zero-order chi connectivity index (χ0) is 24.1. The van der Waals surface area contributed by atoms with Crippen LogP contribution in [0.3, 0.4) is 0 Å². The highest BCUT2D eigenvalue weighted by molar-refractivity contribution is 5.86. The molecule has 0 spiro atoms. The number of ketones is 1. The van der Waals surface area contributed by atoms with Crippen molar-refractivity contribution in [3.63, 3.8) is 0 Å². The summed E-state index contributed by atoms with van der Waals surface area (Å²) in [5, 5.41) is 9.18. The van der Waals surface area contributed by atoms with Crippen LogP contribution in [0.2, 0.25) is 0 Å². The molecule has 4 fully saturated rings. The molecular weight excluding hydrogens is 416 g/mol. The van der Waals surface area contributed by atoms with Crippen LogP contribution in [0.1, 0.15) is 98.8 Å². The topological polar surface area (TPSA) is 80.7 Å². The minimum absolute atomic E-state index is 0.0428. The van der Waals surface area contributed by atoms with E-state index in [1.807, 2.05) is 0 Å². The van der Waals surface area contributed by atoms with E-state index in [0.29, 0.717) is 35.4 Å². The lowest BCUT2D eigenvalue weighted by molar-refractivity contribution is -0.178. The highest BCUT2D eigenvalue weighted by Gasteiger charge is 2.65. The van der Waals surface area contributed by atoms with Crippen molar-refractivity contribution in [3.8, 4) is 0 Å². The maximum absolute atomic E-state index is 14.1. The maximum atomic E-state index is 14.1. The van der Waals surface area contributed by atoms with Gasteiger partial charge in [-0.3, -0.25) is 14.4 Å². The number of carboxylic acid groups (broad SMARTS) is 1. The summed E-state index contributed by atoms with van der Waals surface area (Å²) in [6, 6.07) is 0. The first-order valence-corrected chi connectivity index (χ1v) is 13.5. The Labute approximate surface area is 199 Å².